The molecule has 98 valence electrons. The molecule has 1 heterocycles. The van der Waals surface area contributed by atoms with E-state index in [-0.39, 0.29) is 5.69 Å². The van der Waals surface area contributed by atoms with E-state index in [1.54, 1.807) is 25.3 Å². The predicted octanol–water partition coefficient (Wildman–Crippen LogP) is -0.176. The van der Waals surface area contributed by atoms with Crippen molar-refractivity contribution in [1.82, 2.24) is 14.9 Å². The molecule has 3 N–H and O–H groups in total. The minimum atomic E-state index is -0.758. The number of nitrogens with zero attached hydrogens (tertiary/aromatic N) is 2. The zero-order valence-corrected chi connectivity index (χ0v) is 10.2. The van der Waals surface area contributed by atoms with E-state index in [0.717, 1.165) is 11.3 Å². The summed E-state index contributed by atoms with van der Waals surface area (Å²) in [6.45, 7) is 0. The number of H-pyrrole nitrogens is 1. The highest BCUT2D eigenvalue weighted by Gasteiger charge is 2.02. The van der Waals surface area contributed by atoms with E-state index in [1.165, 1.54) is 6.08 Å². The van der Waals surface area contributed by atoms with E-state index >= 15 is 0 Å². The van der Waals surface area contributed by atoms with Crippen molar-refractivity contribution >= 4 is 12.2 Å². The molecule has 0 aliphatic rings. The molecular weight excluding hydrogens is 248 g/mol. The first kappa shape index (κ1) is 12.6. The maximum atomic E-state index is 11.6. The van der Waals surface area contributed by atoms with Crippen LogP contribution in [0.3, 0.4) is 0 Å². The van der Waals surface area contributed by atoms with Gasteiger partial charge in [0.15, 0.2) is 5.69 Å². The van der Waals surface area contributed by atoms with Crippen LogP contribution in [0.1, 0.15) is 11.3 Å². The Kier molecular flexibility index (Phi) is 3.46. The van der Waals surface area contributed by atoms with Crippen LogP contribution >= 0.6 is 0 Å². The van der Waals surface area contributed by atoms with Gasteiger partial charge >= 0.3 is 11.2 Å². The first-order valence-corrected chi connectivity index (χ1v) is 5.41. The number of nitrogens with one attached hydrogen (secondary N) is 1. The lowest BCUT2D eigenvalue weighted by Crippen LogP contribution is -2.42. The first-order chi connectivity index (χ1) is 9.11. The number of benzene rings is 1. The van der Waals surface area contributed by atoms with Crippen molar-refractivity contribution in [1.29, 1.82) is 0 Å². The van der Waals surface area contributed by atoms with Crippen LogP contribution in [-0.4, -0.2) is 22.0 Å². The normalized spacial score (nSPS) is 10.8. The molecule has 19 heavy (non-hydrogen) atoms. The number of aromatic nitrogens is 3. The molecule has 0 unspecified atom stereocenters. The molecule has 7 heteroatoms. The van der Waals surface area contributed by atoms with Crippen LogP contribution in [0, 0.1) is 0 Å². The first-order valence-electron chi connectivity index (χ1n) is 5.41. The lowest BCUT2D eigenvalue weighted by molar-refractivity contribution is 0.415. The number of nitrogen functional groups attached to an aromatic ring is 1. The topological polar surface area (TPSA) is 103 Å². The van der Waals surface area contributed by atoms with Gasteiger partial charge in [-0.25, -0.2) is 9.89 Å². The molecule has 0 bridgehead atoms. The van der Waals surface area contributed by atoms with Crippen molar-refractivity contribution in [3.63, 3.8) is 0 Å². The van der Waals surface area contributed by atoms with Gasteiger partial charge in [0, 0.05) is 0 Å². The van der Waals surface area contributed by atoms with Gasteiger partial charge < -0.3 is 10.6 Å². The van der Waals surface area contributed by atoms with Gasteiger partial charge in [-0.1, -0.05) is 18.2 Å². The molecular formula is C12H12N4O3. The van der Waals surface area contributed by atoms with Gasteiger partial charge in [-0.05, 0) is 23.8 Å². The summed E-state index contributed by atoms with van der Waals surface area (Å²) in [5, 5.41) is 5.75. The Morgan fingerprint density at radius 1 is 1.26 bits per heavy atom. The monoisotopic (exact) mass is 260 g/mol. The van der Waals surface area contributed by atoms with E-state index in [2.05, 4.69) is 10.2 Å². The molecule has 0 saturated carbocycles. The molecule has 0 aliphatic heterocycles. The van der Waals surface area contributed by atoms with Gasteiger partial charge in [-0.2, -0.15) is 9.77 Å². The van der Waals surface area contributed by atoms with Crippen LogP contribution < -0.4 is 21.8 Å². The second-order valence-corrected chi connectivity index (χ2v) is 3.70. The summed E-state index contributed by atoms with van der Waals surface area (Å²) in [5.74, 6) is 6.00. The van der Waals surface area contributed by atoms with Crippen molar-refractivity contribution in [2.75, 3.05) is 13.0 Å². The molecule has 2 rings (SSSR count). The van der Waals surface area contributed by atoms with Crippen LogP contribution in [0.4, 0.5) is 0 Å². The molecule has 0 spiro atoms. The molecule has 0 aliphatic carbocycles. The predicted molar refractivity (Wildman–Crippen MR) is 71.2 cm³/mol. The van der Waals surface area contributed by atoms with Gasteiger partial charge in [0.25, 0.3) is 0 Å². The van der Waals surface area contributed by atoms with Gasteiger partial charge in [0.05, 0.1) is 7.11 Å². The van der Waals surface area contributed by atoms with Crippen LogP contribution in [0.2, 0.25) is 0 Å². The van der Waals surface area contributed by atoms with Gasteiger partial charge in [0.2, 0.25) is 0 Å². The summed E-state index contributed by atoms with van der Waals surface area (Å²) in [4.78, 5) is 22.6. The Bertz CT molecular complexity index is 713. The third-order valence-corrected chi connectivity index (χ3v) is 2.48. The number of hydrogen-bond acceptors (Lipinski definition) is 5. The highest BCUT2D eigenvalue weighted by molar-refractivity contribution is 5.67. The van der Waals surface area contributed by atoms with E-state index < -0.39 is 11.2 Å². The summed E-state index contributed by atoms with van der Waals surface area (Å²) >= 11 is 0. The lowest BCUT2D eigenvalue weighted by atomic mass is 10.2. The maximum absolute atomic E-state index is 11.6. The number of hydrogen-bond donors (Lipinski definition) is 2. The van der Waals surface area contributed by atoms with Gasteiger partial charge in [-0.3, -0.25) is 4.79 Å². The Morgan fingerprint density at radius 3 is 2.58 bits per heavy atom. The second-order valence-electron chi connectivity index (χ2n) is 3.70. The van der Waals surface area contributed by atoms with E-state index in [4.69, 9.17) is 10.6 Å². The molecule has 1 aromatic carbocycles. The Balaban J connectivity index is 2.30. The molecule has 0 amide bonds. The molecule has 0 fully saturated rings. The van der Waals surface area contributed by atoms with Crippen LogP contribution in [0.5, 0.6) is 5.75 Å². The SMILES string of the molecule is COc1ccc(/C=C/c2n[nH]c(=O)n(N)c2=O)cc1. The third kappa shape index (κ3) is 2.71. The number of ether oxygens (including phenoxy) is 1. The van der Waals surface area contributed by atoms with Crippen molar-refractivity contribution in [2.45, 2.75) is 0 Å². The number of methoxy groups -OCH3 is 1. The highest BCUT2D eigenvalue weighted by atomic mass is 16.5. The van der Waals surface area contributed by atoms with Gasteiger partial charge in [-0.15, -0.1) is 0 Å². The largest absolute Gasteiger partial charge is 0.497 e. The van der Waals surface area contributed by atoms with Crippen LogP contribution in [0.25, 0.3) is 12.2 Å². The Morgan fingerprint density at radius 2 is 1.95 bits per heavy atom. The number of nitrogens with two attached hydrogens (primary N) is 1. The zero-order valence-electron chi connectivity index (χ0n) is 10.2. The summed E-state index contributed by atoms with van der Waals surface area (Å²) in [6, 6.07) is 7.23. The standard InChI is InChI=1S/C12H12N4O3/c1-19-9-5-2-8(3-6-9)4-7-10-11(17)16(13)12(18)15-14-10/h2-7H,13H2,1H3,(H,15,18)/b7-4+. The fourth-order valence-electron chi connectivity index (χ4n) is 1.42. The fourth-order valence-corrected chi connectivity index (χ4v) is 1.42. The minimum absolute atomic E-state index is 0.0536. The zero-order chi connectivity index (χ0) is 13.8. The summed E-state index contributed by atoms with van der Waals surface area (Å²) in [5.41, 5.74) is -0.505. The van der Waals surface area contributed by atoms with E-state index in [1.807, 2.05) is 12.1 Å². The lowest BCUT2D eigenvalue weighted by Gasteiger charge is -1.99. The smallest absolute Gasteiger partial charge is 0.363 e. The van der Waals surface area contributed by atoms with Crippen LogP contribution in [-0.2, 0) is 0 Å². The molecule has 0 saturated heterocycles. The number of aromatic amines is 1. The molecule has 1 aromatic heterocycles. The fraction of sp³-hybridized carbons (Fsp3) is 0.0833. The maximum Gasteiger partial charge on any atom is 0.363 e. The molecule has 2 aromatic rings. The van der Waals surface area contributed by atoms with Crippen molar-refractivity contribution in [2.24, 2.45) is 0 Å². The van der Waals surface area contributed by atoms with E-state index in [9.17, 15) is 9.59 Å². The quantitative estimate of drug-likeness (QED) is 0.745. The summed E-state index contributed by atoms with van der Waals surface area (Å²) in [7, 11) is 1.58. The van der Waals surface area contributed by atoms with Crippen LogP contribution in [0.15, 0.2) is 33.9 Å². The molecule has 0 atom stereocenters. The summed E-state index contributed by atoms with van der Waals surface area (Å²) < 4.78 is 5.51. The minimum Gasteiger partial charge on any atom is -0.497 e. The van der Waals surface area contributed by atoms with Crippen molar-refractivity contribution in [3.8, 4) is 5.75 Å². The average molecular weight is 260 g/mol. The van der Waals surface area contributed by atoms with Crippen molar-refractivity contribution in [3.05, 3.63) is 56.4 Å². The second kappa shape index (κ2) is 5.21. The molecule has 0 radical (unpaired) electrons. The summed E-state index contributed by atoms with van der Waals surface area (Å²) in [6.07, 6.45) is 3.16. The van der Waals surface area contributed by atoms with E-state index in [0.29, 0.717) is 4.68 Å². The highest BCUT2D eigenvalue weighted by Crippen LogP contribution is 2.12. The third-order valence-electron chi connectivity index (χ3n) is 2.48. The molecule has 7 nitrogen and oxygen atoms in total. The Labute approximate surface area is 107 Å². The van der Waals surface area contributed by atoms with Crippen molar-refractivity contribution < 1.29 is 4.74 Å². The number of rotatable bonds is 3. The average Bonchev–Trinajstić information content (AvgIpc) is 2.45. The Hall–Kier alpha value is -2.83. The van der Waals surface area contributed by atoms with Gasteiger partial charge in [0.1, 0.15) is 5.75 Å².